The molecule has 1 unspecified atom stereocenters. The number of fused-ring (bicyclic) bond motifs is 3. The number of hydrogen-bond acceptors (Lipinski definition) is 6. The lowest BCUT2D eigenvalue weighted by Crippen LogP contribution is -2.57. The van der Waals surface area contributed by atoms with Gasteiger partial charge >= 0.3 is 0 Å². The Balaban J connectivity index is 1.45. The second kappa shape index (κ2) is 11.0. The van der Waals surface area contributed by atoms with Gasteiger partial charge in [-0.05, 0) is 19.0 Å². The zero-order chi connectivity index (χ0) is 26.2. The number of nitrogens with zero attached hydrogens (tertiary/aromatic N) is 5. The summed E-state index contributed by atoms with van der Waals surface area (Å²) in [6.45, 7) is 8.52. The van der Waals surface area contributed by atoms with E-state index in [-0.39, 0.29) is 30.9 Å². The third kappa shape index (κ3) is 5.41. The smallest absolute Gasteiger partial charge is 0.274 e. The average Bonchev–Trinajstić information content (AvgIpc) is 3.28. The number of halogens is 3. The van der Waals surface area contributed by atoms with Crippen LogP contribution in [-0.4, -0.2) is 102 Å². The van der Waals surface area contributed by atoms with E-state index in [2.05, 4.69) is 18.7 Å². The normalized spacial score (nSPS) is 19.9. The zero-order valence-electron chi connectivity index (χ0n) is 21.4. The molecule has 2 fully saturated rings. The molecule has 3 aliphatic heterocycles. The minimum atomic E-state index is -2.57. The number of alkyl halides is 2. The molecule has 1 amide bonds. The highest BCUT2D eigenvalue weighted by Crippen LogP contribution is 2.45. The number of carbonyl (C=O) groups excluding carboxylic acids is 1. The molecule has 0 radical (unpaired) electrons. The minimum absolute atomic E-state index is 0.0583. The van der Waals surface area contributed by atoms with E-state index >= 15 is 0 Å². The summed E-state index contributed by atoms with van der Waals surface area (Å²) in [5.41, 5.74) is 2.87. The molecule has 0 saturated carbocycles. The molecule has 7 nitrogen and oxygen atoms in total. The number of carbonyl (C=O) groups is 1. The van der Waals surface area contributed by atoms with Crippen molar-refractivity contribution in [3.63, 3.8) is 0 Å². The second-order valence-corrected chi connectivity index (χ2v) is 10.9. The molecule has 0 N–H and O–H groups in total. The fraction of sp³-hybridized carbons (Fsp3) is 0.615. The van der Waals surface area contributed by atoms with E-state index in [0.717, 1.165) is 29.8 Å². The SMILES string of the molecule is CCC(CN(CC)CCN1CC(F)(F)C1)n1nc(C(=O)N2CCOCC2)c2c1-c1cccc(F)c1SC2. The topological polar surface area (TPSA) is 53.8 Å². The van der Waals surface area contributed by atoms with Gasteiger partial charge in [0.2, 0.25) is 0 Å². The maximum absolute atomic E-state index is 14.8. The number of likely N-dealkylation sites (N-methyl/N-ethyl adjacent to an activating group) is 1. The van der Waals surface area contributed by atoms with Gasteiger partial charge in [0, 0.05) is 49.6 Å². The minimum Gasteiger partial charge on any atom is -0.378 e. The predicted molar refractivity (Wildman–Crippen MR) is 137 cm³/mol. The fourth-order valence-electron chi connectivity index (χ4n) is 5.33. The number of morpholine rings is 1. The van der Waals surface area contributed by atoms with Crippen LogP contribution in [-0.2, 0) is 10.5 Å². The van der Waals surface area contributed by atoms with E-state index in [4.69, 9.17) is 9.84 Å². The zero-order valence-corrected chi connectivity index (χ0v) is 22.2. The first kappa shape index (κ1) is 26.5. The van der Waals surface area contributed by atoms with Gasteiger partial charge in [0.25, 0.3) is 11.8 Å². The van der Waals surface area contributed by atoms with Crippen LogP contribution in [0.1, 0.15) is 42.4 Å². The Morgan fingerprint density at radius 1 is 1.24 bits per heavy atom. The first-order chi connectivity index (χ1) is 17.8. The van der Waals surface area contributed by atoms with Crippen LogP contribution in [0, 0.1) is 5.82 Å². The molecule has 5 rings (SSSR count). The van der Waals surface area contributed by atoms with Crippen LogP contribution >= 0.6 is 11.8 Å². The first-order valence-electron chi connectivity index (χ1n) is 13.0. The van der Waals surface area contributed by atoms with Gasteiger partial charge in [-0.3, -0.25) is 14.4 Å². The molecule has 1 atom stereocenters. The van der Waals surface area contributed by atoms with Crippen LogP contribution < -0.4 is 0 Å². The Labute approximate surface area is 219 Å². The maximum Gasteiger partial charge on any atom is 0.274 e. The molecule has 11 heteroatoms. The predicted octanol–water partition coefficient (Wildman–Crippen LogP) is 3.99. The molecule has 3 aliphatic rings. The lowest BCUT2D eigenvalue weighted by molar-refractivity contribution is -0.131. The first-order valence-corrected chi connectivity index (χ1v) is 14.0. The molecule has 0 spiro atoms. The van der Waals surface area contributed by atoms with Crippen LogP contribution in [0.15, 0.2) is 23.1 Å². The van der Waals surface area contributed by atoms with Gasteiger partial charge in [0.1, 0.15) is 5.82 Å². The molecule has 4 heterocycles. The lowest BCUT2D eigenvalue weighted by atomic mass is 10.0. The largest absolute Gasteiger partial charge is 0.378 e. The molecule has 2 aromatic rings. The van der Waals surface area contributed by atoms with E-state index in [1.54, 1.807) is 15.9 Å². The van der Waals surface area contributed by atoms with E-state index in [1.165, 1.54) is 17.8 Å². The Bertz CT molecular complexity index is 1130. The Hall–Kier alpha value is -2.08. The standard InChI is InChI=1S/C26H34F3N5O2S/c1-3-18(14-31(4-2)8-9-32-16-26(28,29)17-32)34-23-19-6-5-7-21(27)24(19)37-15-20(23)22(30-34)25(35)33-10-12-36-13-11-33/h5-7,18H,3-4,8-17H2,1-2H3. The maximum atomic E-state index is 14.8. The summed E-state index contributed by atoms with van der Waals surface area (Å²) in [7, 11) is 0. The molecule has 1 aromatic carbocycles. The number of thioether (sulfide) groups is 1. The fourth-order valence-corrected chi connectivity index (χ4v) is 6.42. The average molecular weight is 538 g/mol. The van der Waals surface area contributed by atoms with Crippen molar-refractivity contribution in [1.29, 1.82) is 0 Å². The molecule has 202 valence electrons. The molecular formula is C26H34F3N5O2S. The number of benzene rings is 1. The number of amides is 1. The number of aromatic nitrogens is 2. The monoisotopic (exact) mass is 537 g/mol. The van der Waals surface area contributed by atoms with Crippen LogP contribution in [0.25, 0.3) is 11.3 Å². The Morgan fingerprint density at radius 3 is 2.68 bits per heavy atom. The Morgan fingerprint density at radius 2 is 2.00 bits per heavy atom. The van der Waals surface area contributed by atoms with Crippen LogP contribution in [0.2, 0.25) is 0 Å². The number of hydrogen-bond donors (Lipinski definition) is 0. The van der Waals surface area contributed by atoms with Crippen molar-refractivity contribution in [1.82, 2.24) is 24.5 Å². The second-order valence-electron chi connectivity index (χ2n) is 9.95. The summed E-state index contributed by atoms with van der Waals surface area (Å²) >= 11 is 1.41. The number of rotatable bonds is 9. The third-order valence-electron chi connectivity index (χ3n) is 7.47. The van der Waals surface area contributed by atoms with Gasteiger partial charge in [0.15, 0.2) is 5.69 Å². The van der Waals surface area contributed by atoms with Gasteiger partial charge < -0.3 is 14.5 Å². The van der Waals surface area contributed by atoms with Crippen molar-refractivity contribution < 1.29 is 22.7 Å². The van der Waals surface area contributed by atoms with E-state index in [0.29, 0.717) is 62.3 Å². The lowest BCUT2D eigenvalue weighted by Gasteiger charge is -2.40. The quantitative estimate of drug-likeness (QED) is 0.482. The van der Waals surface area contributed by atoms with E-state index in [9.17, 15) is 18.0 Å². The highest BCUT2D eigenvalue weighted by Gasteiger charge is 2.43. The van der Waals surface area contributed by atoms with Gasteiger partial charge in [0.05, 0.1) is 42.9 Å². The van der Waals surface area contributed by atoms with Crippen molar-refractivity contribution in [3.8, 4) is 11.3 Å². The van der Waals surface area contributed by atoms with Crippen molar-refractivity contribution >= 4 is 17.7 Å². The summed E-state index contributed by atoms with van der Waals surface area (Å²) in [5.74, 6) is -2.47. The summed E-state index contributed by atoms with van der Waals surface area (Å²) in [6.07, 6.45) is 0.759. The molecule has 0 aliphatic carbocycles. The number of likely N-dealkylation sites (tertiary alicyclic amines) is 1. The summed E-state index contributed by atoms with van der Waals surface area (Å²) in [4.78, 5) is 19.9. The van der Waals surface area contributed by atoms with Crippen LogP contribution in [0.5, 0.6) is 0 Å². The van der Waals surface area contributed by atoms with Crippen LogP contribution in [0.3, 0.4) is 0 Å². The van der Waals surface area contributed by atoms with E-state index < -0.39 is 5.92 Å². The molecule has 37 heavy (non-hydrogen) atoms. The van der Waals surface area contributed by atoms with Gasteiger partial charge in [-0.15, -0.1) is 11.8 Å². The highest BCUT2D eigenvalue weighted by atomic mass is 32.2. The van der Waals surface area contributed by atoms with Gasteiger partial charge in [-0.25, -0.2) is 13.2 Å². The van der Waals surface area contributed by atoms with E-state index in [1.807, 2.05) is 10.7 Å². The van der Waals surface area contributed by atoms with Crippen molar-refractivity contribution in [2.45, 2.75) is 42.9 Å². The van der Waals surface area contributed by atoms with Crippen molar-refractivity contribution in [2.24, 2.45) is 0 Å². The highest BCUT2D eigenvalue weighted by molar-refractivity contribution is 7.98. The van der Waals surface area contributed by atoms with Crippen molar-refractivity contribution in [3.05, 3.63) is 35.3 Å². The molecule has 2 saturated heterocycles. The van der Waals surface area contributed by atoms with Gasteiger partial charge in [-0.1, -0.05) is 26.0 Å². The summed E-state index contributed by atoms with van der Waals surface area (Å²) < 4.78 is 48.6. The molecular weight excluding hydrogens is 503 g/mol. The summed E-state index contributed by atoms with van der Waals surface area (Å²) in [6, 6.07) is 5.01. The molecule has 0 bridgehead atoms. The van der Waals surface area contributed by atoms with Gasteiger partial charge in [-0.2, -0.15) is 5.10 Å². The third-order valence-corrected chi connectivity index (χ3v) is 8.60. The number of ether oxygens (including phenoxy) is 1. The van der Waals surface area contributed by atoms with Crippen LogP contribution in [0.4, 0.5) is 13.2 Å². The molecule has 1 aromatic heterocycles. The summed E-state index contributed by atoms with van der Waals surface area (Å²) in [5, 5.41) is 4.91. The Kier molecular flexibility index (Phi) is 7.86. The van der Waals surface area contributed by atoms with Crippen molar-refractivity contribution in [2.75, 3.05) is 65.6 Å².